The molecular weight excluding hydrogens is 294 g/mol. The Hall–Kier alpha value is -2.40. The molecular formula is C17H17N3OS. The molecule has 2 aromatic heterocycles. The molecule has 0 bridgehead atoms. The van der Waals surface area contributed by atoms with E-state index in [1.54, 1.807) is 0 Å². The van der Waals surface area contributed by atoms with Crippen LogP contribution in [0, 0.1) is 6.92 Å². The van der Waals surface area contributed by atoms with Gasteiger partial charge in [-0.1, -0.05) is 18.2 Å². The maximum Gasteiger partial charge on any atom is 0.261 e. The number of aryl methyl sites for hydroxylation is 1. The molecule has 0 spiro atoms. The van der Waals surface area contributed by atoms with Gasteiger partial charge in [0.25, 0.3) is 5.91 Å². The molecule has 0 fully saturated rings. The number of amides is 1. The second-order valence-corrected chi connectivity index (χ2v) is 6.33. The Balaban J connectivity index is 1.54. The minimum Gasteiger partial charge on any atom is -0.351 e. The molecule has 5 heteroatoms. The van der Waals surface area contributed by atoms with Gasteiger partial charge < -0.3 is 5.32 Å². The zero-order valence-electron chi connectivity index (χ0n) is 12.3. The number of hydrogen-bond acceptors (Lipinski definition) is 3. The Morgan fingerprint density at radius 1 is 1.23 bits per heavy atom. The number of benzene rings is 1. The third-order valence-corrected chi connectivity index (χ3v) is 4.32. The van der Waals surface area contributed by atoms with Gasteiger partial charge in [-0.15, -0.1) is 11.3 Å². The van der Waals surface area contributed by atoms with E-state index in [4.69, 9.17) is 0 Å². The number of thiophene rings is 1. The highest BCUT2D eigenvalue weighted by molar-refractivity contribution is 7.13. The Morgan fingerprint density at radius 3 is 2.77 bits per heavy atom. The van der Waals surface area contributed by atoms with Crippen LogP contribution in [0.5, 0.6) is 0 Å². The summed E-state index contributed by atoms with van der Waals surface area (Å²) in [5, 5.41) is 7.30. The number of aromatic nitrogens is 2. The van der Waals surface area contributed by atoms with Gasteiger partial charge in [0.15, 0.2) is 0 Å². The van der Waals surface area contributed by atoms with Crippen molar-refractivity contribution >= 4 is 17.2 Å². The summed E-state index contributed by atoms with van der Waals surface area (Å²) in [6.45, 7) is 2.61. The van der Waals surface area contributed by atoms with E-state index in [1.165, 1.54) is 11.3 Å². The van der Waals surface area contributed by atoms with Crippen molar-refractivity contribution in [2.75, 3.05) is 6.54 Å². The summed E-state index contributed by atoms with van der Waals surface area (Å²) in [6, 6.07) is 13.8. The summed E-state index contributed by atoms with van der Waals surface area (Å²) in [5.74, 6) is -0.00597. The fraction of sp³-hybridized carbons (Fsp3) is 0.176. The zero-order chi connectivity index (χ0) is 15.4. The van der Waals surface area contributed by atoms with Crippen LogP contribution in [-0.2, 0) is 6.42 Å². The van der Waals surface area contributed by atoms with Gasteiger partial charge in [-0.05, 0) is 43.2 Å². The van der Waals surface area contributed by atoms with Crippen molar-refractivity contribution in [3.63, 3.8) is 0 Å². The van der Waals surface area contributed by atoms with E-state index in [1.807, 2.05) is 66.5 Å². The van der Waals surface area contributed by atoms with Crippen LogP contribution in [0.3, 0.4) is 0 Å². The predicted octanol–water partition coefficient (Wildman–Crippen LogP) is 3.21. The van der Waals surface area contributed by atoms with E-state index < -0.39 is 0 Å². The molecule has 2 heterocycles. The molecule has 0 aliphatic rings. The van der Waals surface area contributed by atoms with Crippen molar-refractivity contribution in [2.45, 2.75) is 13.3 Å². The van der Waals surface area contributed by atoms with Crippen LogP contribution >= 0.6 is 11.3 Å². The predicted molar refractivity (Wildman–Crippen MR) is 88.7 cm³/mol. The maximum atomic E-state index is 12.0. The lowest BCUT2D eigenvalue weighted by Gasteiger charge is -2.02. The lowest BCUT2D eigenvalue weighted by Crippen LogP contribution is -2.24. The van der Waals surface area contributed by atoms with Crippen molar-refractivity contribution in [2.24, 2.45) is 0 Å². The molecule has 4 nitrogen and oxygen atoms in total. The summed E-state index contributed by atoms with van der Waals surface area (Å²) < 4.78 is 1.85. The normalized spacial score (nSPS) is 10.6. The highest BCUT2D eigenvalue weighted by Crippen LogP contribution is 2.14. The second-order valence-electron chi connectivity index (χ2n) is 5.04. The summed E-state index contributed by atoms with van der Waals surface area (Å²) >= 11 is 1.51. The number of para-hydroxylation sites is 1. The van der Waals surface area contributed by atoms with Gasteiger partial charge in [-0.25, -0.2) is 4.68 Å². The van der Waals surface area contributed by atoms with Crippen molar-refractivity contribution in [3.05, 3.63) is 70.2 Å². The van der Waals surface area contributed by atoms with Gasteiger partial charge in [-0.2, -0.15) is 5.10 Å². The molecule has 1 amide bonds. The summed E-state index contributed by atoms with van der Waals surface area (Å²) in [4.78, 5) is 13.9. The third-order valence-electron chi connectivity index (χ3n) is 3.32. The Bertz CT molecular complexity index is 761. The molecule has 0 aliphatic heterocycles. The largest absolute Gasteiger partial charge is 0.351 e. The quantitative estimate of drug-likeness (QED) is 0.786. The zero-order valence-corrected chi connectivity index (χ0v) is 13.1. The highest BCUT2D eigenvalue weighted by Gasteiger charge is 2.07. The van der Waals surface area contributed by atoms with Crippen LogP contribution < -0.4 is 5.32 Å². The molecule has 3 rings (SSSR count). The summed E-state index contributed by atoms with van der Waals surface area (Å²) in [5.41, 5.74) is 2.14. The molecule has 0 saturated carbocycles. The number of nitrogens with zero attached hydrogens (tertiary/aromatic N) is 2. The monoisotopic (exact) mass is 311 g/mol. The number of hydrogen-bond donors (Lipinski definition) is 1. The third kappa shape index (κ3) is 3.43. The molecule has 0 radical (unpaired) electrons. The molecule has 0 atom stereocenters. The lowest BCUT2D eigenvalue weighted by atomic mass is 10.2. The first kappa shape index (κ1) is 14.5. The summed E-state index contributed by atoms with van der Waals surface area (Å²) in [6.07, 6.45) is 4.61. The first-order valence-electron chi connectivity index (χ1n) is 7.16. The fourth-order valence-corrected chi connectivity index (χ4v) is 2.96. The van der Waals surface area contributed by atoms with Crippen molar-refractivity contribution in [1.29, 1.82) is 0 Å². The molecule has 3 aromatic rings. The van der Waals surface area contributed by atoms with E-state index >= 15 is 0 Å². The molecule has 0 aliphatic carbocycles. The molecule has 112 valence electrons. The molecule has 0 unspecified atom stereocenters. The number of nitrogens with one attached hydrogen (secondary N) is 1. The van der Waals surface area contributed by atoms with Crippen molar-refractivity contribution in [3.8, 4) is 5.69 Å². The smallest absolute Gasteiger partial charge is 0.261 e. The average Bonchev–Trinajstić information content (AvgIpc) is 3.17. The topological polar surface area (TPSA) is 46.9 Å². The molecule has 22 heavy (non-hydrogen) atoms. The first-order chi connectivity index (χ1) is 10.7. The SMILES string of the molecule is Cc1ccc(C(=O)NCCc2cnn(-c3ccccc3)c2)s1. The molecule has 1 N–H and O–H groups in total. The minimum absolute atomic E-state index is 0.00597. The number of carbonyl (C=O) groups excluding carboxylic acids is 1. The first-order valence-corrected chi connectivity index (χ1v) is 7.97. The van der Waals surface area contributed by atoms with Gasteiger partial charge in [0.05, 0.1) is 16.8 Å². The van der Waals surface area contributed by atoms with Crippen LogP contribution in [0.25, 0.3) is 5.69 Å². The average molecular weight is 311 g/mol. The van der Waals surface area contributed by atoms with Crippen LogP contribution in [0.1, 0.15) is 20.1 Å². The van der Waals surface area contributed by atoms with E-state index in [9.17, 15) is 4.79 Å². The van der Waals surface area contributed by atoms with Gasteiger partial charge in [0.2, 0.25) is 0 Å². The van der Waals surface area contributed by atoms with Gasteiger partial charge in [0, 0.05) is 17.6 Å². The van der Waals surface area contributed by atoms with E-state index in [2.05, 4.69) is 10.4 Å². The Labute approximate surface area is 133 Å². The van der Waals surface area contributed by atoms with E-state index in [0.29, 0.717) is 6.54 Å². The lowest BCUT2D eigenvalue weighted by molar-refractivity contribution is 0.0958. The standard InChI is InChI=1S/C17H17N3OS/c1-13-7-8-16(22-13)17(21)18-10-9-14-11-19-20(12-14)15-5-3-2-4-6-15/h2-8,11-12H,9-10H2,1H3,(H,18,21). The van der Waals surface area contributed by atoms with Gasteiger partial charge >= 0.3 is 0 Å². The Morgan fingerprint density at radius 2 is 2.05 bits per heavy atom. The van der Waals surface area contributed by atoms with Crippen LogP contribution in [0.2, 0.25) is 0 Å². The van der Waals surface area contributed by atoms with Crippen LogP contribution in [0.4, 0.5) is 0 Å². The van der Waals surface area contributed by atoms with Crippen LogP contribution in [-0.4, -0.2) is 22.2 Å². The minimum atomic E-state index is -0.00597. The maximum absolute atomic E-state index is 12.0. The molecule has 0 saturated heterocycles. The highest BCUT2D eigenvalue weighted by atomic mass is 32.1. The van der Waals surface area contributed by atoms with Gasteiger partial charge in [-0.3, -0.25) is 4.79 Å². The number of rotatable bonds is 5. The van der Waals surface area contributed by atoms with Crippen molar-refractivity contribution in [1.82, 2.24) is 15.1 Å². The van der Waals surface area contributed by atoms with Gasteiger partial charge in [0.1, 0.15) is 0 Å². The molecule has 1 aromatic carbocycles. The Kier molecular flexibility index (Phi) is 4.34. The summed E-state index contributed by atoms with van der Waals surface area (Å²) in [7, 11) is 0. The van der Waals surface area contributed by atoms with E-state index in [0.717, 1.165) is 27.4 Å². The van der Waals surface area contributed by atoms with Crippen LogP contribution in [0.15, 0.2) is 54.9 Å². The second kappa shape index (κ2) is 6.58. The fourth-order valence-electron chi connectivity index (χ4n) is 2.18. The number of carbonyl (C=O) groups is 1. The van der Waals surface area contributed by atoms with Crippen molar-refractivity contribution < 1.29 is 4.79 Å². The van der Waals surface area contributed by atoms with E-state index in [-0.39, 0.29) is 5.91 Å².